The van der Waals surface area contributed by atoms with Crippen LogP contribution in [-0.2, 0) is 4.43 Å². The van der Waals surface area contributed by atoms with Crippen molar-refractivity contribution in [2.24, 2.45) is 0 Å². The molecule has 33 heavy (non-hydrogen) atoms. The molecule has 1 atom stereocenters. The second-order valence-electron chi connectivity index (χ2n) is 10.1. The molecular weight excluding hydrogens is 420 g/mol. The maximum Gasteiger partial charge on any atom is 0.261 e. The predicted molar refractivity (Wildman–Crippen MR) is 145 cm³/mol. The molecule has 0 bridgehead atoms. The van der Waals surface area contributed by atoms with E-state index in [-0.39, 0.29) is 11.1 Å². The molecule has 0 aliphatic carbocycles. The summed E-state index contributed by atoms with van der Waals surface area (Å²) < 4.78 is 6.94. The lowest BCUT2D eigenvalue weighted by Gasteiger charge is -2.43. The monoisotopic (exact) mass is 464 g/mol. The third-order valence-electron chi connectivity index (χ3n) is 6.23. The van der Waals surface area contributed by atoms with Crippen LogP contribution in [0.3, 0.4) is 0 Å². The first kappa shape index (κ1) is 27.4. The molecule has 1 N–H and O–H groups in total. The van der Waals surface area contributed by atoms with Gasteiger partial charge in [-0.15, -0.1) is 11.8 Å². The first-order valence-corrected chi connectivity index (χ1v) is 14.7. The lowest BCUT2D eigenvalue weighted by molar-refractivity contribution is 0.180. The molecule has 2 nitrogen and oxygen atoms in total. The van der Waals surface area contributed by atoms with Crippen LogP contribution in [0.5, 0.6) is 0 Å². The molecule has 0 saturated heterocycles. The van der Waals surface area contributed by atoms with Crippen LogP contribution in [0.15, 0.2) is 60.7 Å². The van der Waals surface area contributed by atoms with Crippen molar-refractivity contribution >= 4 is 18.7 Å². The molecule has 0 saturated carbocycles. The molecule has 2 aromatic rings. The zero-order valence-electron chi connectivity index (χ0n) is 21.3. The number of rotatable bonds is 13. The average molecular weight is 465 g/mol. The number of hydrogen-bond acceptors (Lipinski definition) is 2. The molecule has 0 radical (unpaired) electrons. The minimum absolute atomic E-state index is 0.0325. The van der Waals surface area contributed by atoms with Gasteiger partial charge in [-0.3, -0.25) is 0 Å². The molecule has 0 amide bonds. The molecule has 0 spiro atoms. The van der Waals surface area contributed by atoms with Gasteiger partial charge in [0.1, 0.15) is 0 Å². The van der Waals surface area contributed by atoms with Gasteiger partial charge in [-0.25, -0.2) is 0 Å². The van der Waals surface area contributed by atoms with Crippen LogP contribution in [0.2, 0.25) is 5.04 Å². The van der Waals surface area contributed by atoms with Crippen molar-refractivity contribution in [2.45, 2.75) is 96.6 Å². The molecule has 180 valence electrons. The van der Waals surface area contributed by atoms with Crippen molar-refractivity contribution in [3.8, 4) is 11.8 Å². The minimum atomic E-state index is -2.41. The molecule has 0 fully saturated rings. The highest BCUT2D eigenvalue weighted by Gasteiger charge is 2.49. The molecule has 2 rings (SSSR count). The number of aliphatic hydroxyl groups excluding tert-OH is 1. The fraction of sp³-hybridized carbons (Fsp3) is 0.533. The largest absolute Gasteiger partial charge is 0.407 e. The van der Waals surface area contributed by atoms with Crippen molar-refractivity contribution in [2.75, 3.05) is 6.61 Å². The van der Waals surface area contributed by atoms with E-state index >= 15 is 0 Å². The van der Waals surface area contributed by atoms with Gasteiger partial charge in [0, 0.05) is 19.4 Å². The highest BCUT2D eigenvalue weighted by Crippen LogP contribution is 2.36. The van der Waals surface area contributed by atoms with E-state index in [0.717, 1.165) is 45.1 Å². The summed E-state index contributed by atoms with van der Waals surface area (Å²) in [5.41, 5.74) is 0. The Morgan fingerprint density at radius 3 is 1.73 bits per heavy atom. The van der Waals surface area contributed by atoms with E-state index in [2.05, 4.69) is 93.3 Å². The van der Waals surface area contributed by atoms with E-state index in [1.807, 2.05) is 6.92 Å². The first-order valence-electron chi connectivity index (χ1n) is 12.8. The summed E-state index contributed by atoms with van der Waals surface area (Å²) in [6, 6.07) is 21.7. The molecule has 0 aliphatic rings. The van der Waals surface area contributed by atoms with E-state index in [0.29, 0.717) is 0 Å². The van der Waals surface area contributed by atoms with Crippen LogP contribution >= 0.6 is 0 Å². The zero-order chi connectivity index (χ0) is 24.0. The quantitative estimate of drug-likeness (QED) is 0.209. The first-order chi connectivity index (χ1) is 15.9. The zero-order valence-corrected chi connectivity index (χ0v) is 22.3. The number of benzene rings is 2. The predicted octanol–water partition coefficient (Wildman–Crippen LogP) is 6.46. The summed E-state index contributed by atoms with van der Waals surface area (Å²) in [6.07, 6.45) is 9.53. The summed E-state index contributed by atoms with van der Waals surface area (Å²) in [6.45, 7) is 9.63. The molecule has 2 aromatic carbocycles. The standard InChI is InChI=1S/C30H44O2Si/c1-27(31)21-15-11-9-7-5-6-8-10-12-20-26-32-33(30(2,3)4,28-22-16-13-17-23-28)29-24-18-14-19-25-29/h13-14,16-19,22-25,27,31H,5,7,9-12,15,20-21,26H2,1-4H3. The average Bonchev–Trinajstić information content (AvgIpc) is 2.79. The van der Waals surface area contributed by atoms with Crippen molar-refractivity contribution in [1.29, 1.82) is 0 Å². The Kier molecular flexibility index (Phi) is 12.0. The van der Waals surface area contributed by atoms with Crippen LogP contribution in [0.1, 0.15) is 85.5 Å². The van der Waals surface area contributed by atoms with Crippen molar-refractivity contribution in [3.63, 3.8) is 0 Å². The Morgan fingerprint density at radius 2 is 1.24 bits per heavy atom. The van der Waals surface area contributed by atoms with Gasteiger partial charge >= 0.3 is 0 Å². The normalized spacial score (nSPS) is 12.8. The number of aliphatic hydroxyl groups is 1. The molecule has 1 unspecified atom stereocenters. The van der Waals surface area contributed by atoms with Gasteiger partial charge in [0.2, 0.25) is 0 Å². The van der Waals surface area contributed by atoms with Crippen molar-refractivity contribution in [3.05, 3.63) is 60.7 Å². The van der Waals surface area contributed by atoms with Gasteiger partial charge in [0.15, 0.2) is 0 Å². The molecule has 0 aromatic heterocycles. The van der Waals surface area contributed by atoms with Crippen LogP contribution in [-0.4, -0.2) is 26.1 Å². The van der Waals surface area contributed by atoms with E-state index in [4.69, 9.17) is 4.43 Å². The van der Waals surface area contributed by atoms with Crippen LogP contribution in [0, 0.1) is 11.8 Å². The summed E-state index contributed by atoms with van der Waals surface area (Å²) >= 11 is 0. The van der Waals surface area contributed by atoms with Crippen LogP contribution < -0.4 is 10.4 Å². The smallest absolute Gasteiger partial charge is 0.261 e. The Balaban J connectivity index is 1.86. The molecular formula is C30H44O2Si. The molecule has 0 heterocycles. The maximum absolute atomic E-state index is 9.28. The van der Waals surface area contributed by atoms with Gasteiger partial charge in [0.25, 0.3) is 8.32 Å². The fourth-order valence-electron chi connectivity index (χ4n) is 4.49. The Hall–Kier alpha value is -1.86. The Labute approximate surface area is 203 Å². The number of unbranched alkanes of at least 4 members (excludes halogenated alkanes) is 6. The molecule has 0 aliphatic heterocycles. The van der Waals surface area contributed by atoms with E-state index < -0.39 is 8.32 Å². The lowest BCUT2D eigenvalue weighted by Crippen LogP contribution is -2.66. The van der Waals surface area contributed by atoms with Gasteiger partial charge in [-0.05, 0) is 48.0 Å². The summed E-state index contributed by atoms with van der Waals surface area (Å²) in [7, 11) is -2.41. The summed E-state index contributed by atoms with van der Waals surface area (Å²) in [4.78, 5) is 0. The topological polar surface area (TPSA) is 29.5 Å². The fourth-order valence-corrected chi connectivity index (χ4v) is 9.09. The second-order valence-corrected chi connectivity index (χ2v) is 14.4. The highest BCUT2D eigenvalue weighted by molar-refractivity contribution is 6.99. The van der Waals surface area contributed by atoms with E-state index in [1.165, 1.54) is 29.6 Å². The SMILES string of the molecule is CC(O)CCCCCCC#CCCCCO[Si](c1ccccc1)(c1ccccc1)C(C)(C)C. The van der Waals surface area contributed by atoms with Gasteiger partial charge in [-0.1, -0.05) is 101 Å². The lowest BCUT2D eigenvalue weighted by atomic mass is 10.1. The Morgan fingerprint density at radius 1 is 0.758 bits per heavy atom. The number of hydrogen-bond donors (Lipinski definition) is 1. The van der Waals surface area contributed by atoms with Gasteiger partial charge in [0.05, 0.1) is 6.10 Å². The summed E-state index contributed by atoms with van der Waals surface area (Å²) in [5, 5.41) is 12.0. The van der Waals surface area contributed by atoms with Crippen LogP contribution in [0.25, 0.3) is 0 Å². The second kappa shape index (κ2) is 14.4. The van der Waals surface area contributed by atoms with E-state index in [1.54, 1.807) is 0 Å². The van der Waals surface area contributed by atoms with Crippen LogP contribution in [0.4, 0.5) is 0 Å². The van der Waals surface area contributed by atoms with Crippen molar-refractivity contribution in [1.82, 2.24) is 0 Å². The minimum Gasteiger partial charge on any atom is -0.407 e. The molecule has 3 heteroatoms. The third-order valence-corrected chi connectivity index (χ3v) is 11.3. The third kappa shape index (κ3) is 8.78. The highest BCUT2D eigenvalue weighted by atomic mass is 28.4. The Bertz CT molecular complexity index is 789. The van der Waals surface area contributed by atoms with Gasteiger partial charge < -0.3 is 9.53 Å². The van der Waals surface area contributed by atoms with Crippen molar-refractivity contribution < 1.29 is 9.53 Å². The maximum atomic E-state index is 9.28. The van der Waals surface area contributed by atoms with Gasteiger partial charge in [-0.2, -0.15) is 0 Å². The summed E-state index contributed by atoms with van der Waals surface area (Å²) in [5.74, 6) is 6.69. The van der Waals surface area contributed by atoms with E-state index in [9.17, 15) is 5.11 Å².